The minimum Gasteiger partial charge on any atom is -0.464 e. The van der Waals surface area contributed by atoms with Crippen molar-refractivity contribution in [1.29, 1.82) is 0 Å². The van der Waals surface area contributed by atoms with E-state index in [4.69, 9.17) is 5.73 Å². The molecule has 0 saturated carbocycles. The van der Waals surface area contributed by atoms with E-state index in [0.29, 0.717) is 5.69 Å². The predicted molar refractivity (Wildman–Crippen MR) is 81.1 cm³/mol. The Kier molecular flexibility index (Phi) is 4.75. The number of methoxy groups -OCH3 is 1. The van der Waals surface area contributed by atoms with Gasteiger partial charge in [0.2, 0.25) is 5.91 Å². The number of nitrogens with two attached hydrogens (primary N) is 1. The lowest BCUT2D eigenvalue weighted by Gasteiger charge is -2.15. The zero-order chi connectivity index (χ0) is 17.0. The van der Waals surface area contributed by atoms with Crippen LogP contribution in [0.1, 0.15) is 21.0 Å². The molecule has 1 aromatic heterocycles. The first-order valence-corrected chi connectivity index (χ1v) is 6.71. The molecule has 0 spiro atoms. The number of hydrogen-bond acceptors (Lipinski definition) is 5. The fourth-order valence-electron chi connectivity index (χ4n) is 2.00. The molecule has 0 saturated heterocycles. The van der Waals surface area contributed by atoms with E-state index in [1.54, 1.807) is 24.3 Å². The van der Waals surface area contributed by atoms with Crippen LogP contribution in [-0.4, -0.2) is 53.2 Å². The molecule has 1 heterocycles. The van der Waals surface area contributed by atoms with Crippen LogP contribution in [0.3, 0.4) is 0 Å². The van der Waals surface area contributed by atoms with Crippen molar-refractivity contribution in [3.05, 3.63) is 47.8 Å². The van der Waals surface area contributed by atoms with Gasteiger partial charge < -0.3 is 15.4 Å². The second kappa shape index (κ2) is 6.73. The van der Waals surface area contributed by atoms with Crippen LogP contribution in [0.15, 0.2) is 36.4 Å². The van der Waals surface area contributed by atoms with E-state index >= 15 is 0 Å². The minimum absolute atomic E-state index is 0.00724. The molecule has 0 aliphatic rings. The van der Waals surface area contributed by atoms with Crippen molar-refractivity contribution in [2.75, 3.05) is 20.7 Å². The van der Waals surface area contributed by atoms with Crippen LogP contribution in [0.4, 0.5) is 0 Å². The van der Waals surface area contributed by atoms with E-state index in [1.807, 2.05) is 6.07 Å². The van der Waals surface area contributed by atoms with Gasteiger partial charge >= 0.3 is 5.97 Å². The number of carbonyl (C=O) groups is 3. The highest BCUT2D eigenvalue weighted by atomic mass is 16.5. The number of likely N-dealkylation sites (N-methyl/N-ethyl adjacent to an activating group) is 1. The van der Waals surface area contributed by atoms with Crippen molar-refractivity contribution in [1.82, 2.24) is 14.7 Å². The van der Waals surface area contributed by atoms with E-state index in [0.717, 1.165) is 4.90 Å². The second-order valence-electron chi connectivity index (χ2n) is 4.78. The van der Waals surface area contributed by atoms with Crippen LogP contribution in [0.2, 0.25) is 0 Å². The smallest absolute Gasteiger partial charge is 0.358 e. The Hall–Kier alpha value is -3.16. The van der Waals surface area contributed by atoms with Gasteiger partial charge in [0.15, 0.2) is 5.69 Å². The highest BCUT2D eigenvalue weighted by Gasteiger charge is 2.23. The average Bonchev–Trinajstić information content (AvgIpc) is 2.98. The highest BCUT2D eigenvalue weighted by Crippen LogP contribution is 2.15. The van der Waals surface area contributed by atoms with Crippen LogP contribution in [-0.2, 0) is 9.53 Å². The molecule has 23 heavy (non-hydrogen) atoms. The van der Waals surface area contributed by atoms with Gasteiger partial charge in [-0.05, 0) is 12.1 Å². The van der Waals surface area contributed by atoms with Gasteiger partial charge in [0.05, 0.1) is 19.3 Å². The summed E-state index contributed by atoms with van der Waals surface area (Å²) in [5, 5.41) is 4.11. The van der Waals surface area contributed by atoms with Crippen LogP contribution in [0.25, 0.3) is 5.69 Å². The Morgan fingerprint density at radius 2 is 1.91 bits per heavy atom. The van der Waals surface area contributed by atoms with Crippen LogP contribution >= 0.6 is 0 Å². The average molecular weight is 316 g/mol. The third-order valence-corrected chi connectivity index (χ3v) is 3.06. The normalized spacial score (nSPS) is 10.2. The lowest BCUT2D eigenvalue weighted by Crippen LogP contribution is -2.36. The summed E-state index contributed by atoms with van der Waals surface area (Å²) in [6.45, 7) is -0.244. The Morgan fingerprint density at radius 3 is 2.48 bits per heavy atom. The summed E-state index contributed by atoms with van der Waals surface area (Å²) in [4.78, 5) is 36.3. The summed E-state index contributed by atoms with van der Waals surface area (Å²) in [6, 6.07) is 10.2. The molecule has 0 aliphatic heterocycles. The standard InChI is InChI=1S/C15H16N4O4/c1-18(9-13(16)20)14(21)12-8-11(15(22)23-2)17-19(12)10-6-4-3-5-7-10/h3-8H,9H2,1-2H3,(H2,16,20). The van der Waals surface area contributed by atoms with E-state index in [-0.39, 0.29) is 17.9 Å². The Morgan fingerprint density at radius 1 is 1.26 bits per heavy atom. The monoisotopic (exact) mass is 316 g/mol. The number of amides is 2. The number of carbonyl (C=O) groups excluding carboxylic acids is 3. The minimum atomic E-state index is -0.661. The SMILES string of the molecule is COC(=O)c1cc(C(=O)N(C)CC(N)=O)n(-c2ccccc2)n1. The quantitative estimate of drug-likeness (QED) is 0.794. The fourth-order valence-corrected chi connectivity index (χ4v) is 2.00. The van der Waals surface area contributed by atoms with Crippen LogP contribution in [0.5, 0.6) is 0 Å². The van der Waals surface area contributed by atoms with Crippen LogP contribution in [0, 0.1) is 0 Å². The first-order chi connectivity index (χ1) is 10.9. The molecule has 2 N–H and O–H groups in total. The third-order valence-electron chi connectivity index (χ3n) is 3.06. The number of para-hydroxylation sites is 1. The molecule has 0 fully saturated rings. The number of ether oxygens (including phenoxy) is 1. The number of esters is 1. The molecular weight excluding hydrogens is 300 g/mol. The number of primary amides is 1. The molecule has 8 nitrogen and oxygen atoms in total. The number of aromatic nitrogens is 2. The van der Waals surface area contributed by atoms with Gasteiger partial charge in [0, 0.05) is 13.1 Å². The van der Waals surface area contributed by atoms with E-state index < -0.39 is 17.8 Å². The van der Waals surface area contributed by atoms with Crippen molar-refractivity contribution in [2.45, 2.75) is 0 Å². The lowest BCUT2D eigenvalue weighted by atomic mass is 10.3. The highest BCUT2D eigenvalue weighted by molar-refractivity contribution is 5.98. The molecule has 0 aliphatic carbocycles. The molecule has 1 aromatic carbocycles. The maximum absolute atomic E-state index is 12.5. The van der Waals surface area contributed by atoms with Gasteiger partial charge in [-0.15, -0.1) is 0 Å². The zero-order valence-corrected chi connectivity index (χ0v) is 12.7. The molecule has 120 valence electrons. The predicted octanol–water partition coefficient (Wildman–Crippen LogP) is 0.216. The Balaban J connectivity index is 2.48. The lowest BCUT2D eigenvalue weighted by molar-refractivity contribution is -0.118. The van der Waals surface area contributed by atoms with Gasteiger partial charge in [0.1, 0.15) is 5.69 Å². The van der Waals surface area contributed by atoms with E-state index in [2.05, 4.69) is 9.84 Å². The fraction of sp³-hybridized carbons (Fsp3) is 0.200. The molecule has 2 rings (SSSR count). The zero-order valence-electron chi connectivity index (χ0n) is 12.7. The maximum Gasteiger partial charge on any atom is 0.358 e. The van der Waals surface area contributed by atoms with Crippen molar-refractivity contribution < 1.29 is 19.1 Å². The molecule has 2 aromatic rings. The van der Waals surface area contributed by atoms with Gasteiger partial charge in [-0.2, -0.15) is 5.10 Å². The number of hydrogen-bond donors (Lipinski definition) is 1. The topological polar surface area (TPSA) is 108 Å². The molecule has 0 radical (unpaired) electrons. The molecule has 2 amide bonds. The maximum atomic E-state index is 12.5. The molecular formula is C15H16N4O4. The number of rotatable bonds is 5. The Labute approximate surface area is 132 Å². The molecule has 0 unspecified atom stereocenters. The summed E-state index contributed by atoms with van der Waals surface area (Å²) in [6.07, 6.45) is 0. The van der Waals surface area contributed by atoms with Crippen molar-refractivity contribution >= 4 is 17.8 Å². The van der Waals surface area contributed by atoms with Crippen molar-refractivity contribution in [3.63, 3.8) is 0 Å². The van der Waals surface area contributed by atoms with Gasteiger partial charge in [-0.1, -0.05) is 18.2 Å². The largest absolute Gasteiger partial charge is 0.464 e. The first kappa shape index (κ1) is 16.2. The molecule has 0 atom stereocenters. The summed E-state index contributed by atoms with van der Waals surface area (Å²) in [7, 11) is 2.66. The van der Waals surface area contributed by atoms with Crippen LogP contribution < -0.4 is 5.73 Å². The van der Waals surface area contributed by atoms with E-state index in [9.17, 15) is 14.4 Å². The second-order valence-corrected chi connectivity index (χ2v) is 4.78. The number of benzene rings is 1. The summed E-state index contributed by atoms with van der Waals surface area (Å²) >= 11 is 0. The number of nitrogens with zero attached hydrogens (tertiary/aromatic N) is 3. The Bertz CT molecular complexity index is 739. The molecule has 0 bridgehead atoms. The summed E-state index contributed by atoms with van der Waals surface area (Å²) in [5.41, 5.74) is 5.82. The van der Waals surface area contributed by atoms with Gasteiger partial charge in [-0.25, -0.2) is 9.48 Å². The van der Waals surface area contributed by atoms with Crippen molar-refractivity contribution in [2.24, 2.45) is 5.73 Å². The van der Waals surface area contributed by atoms with Gasteiger partial charge in [0.25, 0.3) is 5.91 Å². The first-order valence-electron chi connectivity index (χ1n) is 6.71. The molecule has 8 heteroatoms. The summed E-state index contributed by atoms with van der Waals surface area (Å²) < 4.78 is 5.96. The summed E-state index contributed by atoms with van der Waals surface area (Å²) in [5.74, 6) is -1.79. The third kappa shape index (κ3) is 3.54. The van der Waals surface area contributed by atoms with Gasteiger partial charge in [-0.3, -0.25) is 9.59 Å². The van der Waals surface area contributed by atoms with Crippen molar-refractivity contribution in [3.8, 4) is 5.69 Å². The van der Waals surface area contributed by atoms with E-state index in [1.165, 1.54) is 24.9 Å².